The zero-order valence-corrected chi connectivity index (χ0v) is 8.72. The standard InChI is InChI=1S/C9H17N3O3/c1-12-7-10-2-8(12)3-11-9(4-13,5-14)6-15/h2,7,11,13-15H,3-6H2,1H3. The lowest BCUT2D eigenvalue weighted by molar-refractivity contribution is 0.0410. The van der Waals surface area contributed by atoms with E-state index in [1.165, 1.54) is 0 Å². The van der Waals surface area contributed by atoms with Gasteiger partial charge in [0.15, 0.2) is 0 Å². The summed E-state index contributed by atoms with van der Waals surface area (Å²) < 4.78 is 1.82. The Kier molecular flexibility index (Phi) is 4.22. The summed E-state index contributed by atoms with van der Waals surface area (Å²) in [6.07, 6.45) is 3.35. The number of aliphatic hydroxyl groups is 3. The van der Waals surface area contributed by atoms with Crippen molar-refractivity contribution >= 4 is 0 Å². The first kappa shape index (κ1) is 12.1. The van der Waals surface area contributed by atoms with Gasteiger partial charge in [0.2, 0.25) is 0 Å². The van der Waals surface area contributed by atoms with E-state index in [0.717, 1.165) is 5.69 Å². The summed E-state index contributed by atoms with van der Waals surface area (Å²) in [6.45, 7) is -0.536. The zero-order chi connectivity index (χ0) is 11.3. The summed E-state index contributed by atoms with van der Waals surface area (Å²) in [5, 5.41) is 30.1. The maximum atomic E-state index is 9.07. The van der Waals surface area contributed by atoms with E-state index in [4.69, 9.17) is 15.3 Å². The molecule has 0 bridgehead atoms. The van der Waals surface area contributed by atoms with Gasteiger partial charge in [-0.15, -0.1) is 0 Å². The number of hydrogen-bond donors (Lipinski definition) is 4. The zero-order valence-electron chi connectivity index (χ0n) is 8.72. The molecule has 0 atom stereocenters. The average Bonchev–Trinajstić information content (AvgIpc) is 2.67. The molecular weight excluding hydrogens is 198 g/mol. The maximum absolute atomic E-state index is 9.07. The molecule has 6 heteroatoms. The third-order valence-electron chi connectivity index (χ3n) is 2.47. The number of rotatable bonds is 6. The van der Waals surface area contributed by atoms with E-state index in [1.807, 2.05) is 11.6 Å². The monoisotopic (exact) mass is 215 g/mol. The van der Waals surface area contributed by atoms with Crippen molar-refractivity contribution in [2.24, 2.45) is 7.05 Å². The normalized spacial score (nSPS) is 12.0. The summed E-state index contributed by atoms with van der Waals surface area (Å²) in [4.78, 5) is 3.94. The van der Waals surface area contributed by atoms with Gasteiger partial charge < -0.3 is 19.9 Å². The molecule has 86 valence electrons. The second kappa shape index (κ2) is 5.22. The predicted molar refractivity (Wildman–Crippen MR) is 54.0 cm³/mol. The fourth-order valence-corrected chi connectivity index (χ4v) is 1.15. The van der Waals surface area contributed by atoms with E-state index in [1.54, 1.807) is 12.5 Å². The van der Waals surface area contributed by atoms with Gasteiger partial charge in [0.05, 0.1) is 37.4 Å². The van der Waals surface area contributed by atoms with Gasteiger partial charge in [-0.1, -0.05) is 0 Å². The largest absolute Gasteiger partial charge is 0.394 e. The molecule has 6 nitrogen and oxygen atoms in total. The second-order valence-corrected chi connectivity index (χ2v) is 3.60. The molecule has 1 heterocycles. The molecule has 15 heavy (non-hydrogen) atoms. The highest BCUT2D eigenvalue weighted by molar-refractivity contribution is 4.99. The highest BCUT2D eigenvalue weighted by atomic mass is 16.3. The summed E-state index contributed by atoms with van der Waals surface area (Å²) in [7, 11) is 1.85. The Morgan fingerprint density at radius 3 is 2.33 bits per heavy atom. The molecule has 0 amide bonds. The van der Waals surface area contributed by atoms with Gasteiger partial charge in [-0.2, -0.15) is 0 Å². The van der Waals surface area contributed by atoms with Gasteiger partial charge in [0.1, 0.15) is 0 Å². The molecule has 1 aromatic rings. The van der Waals surface area contributed by atoms with Gasteiger partial charge in [-0.3, -0.25) is 5.32 Å². The minimum absolute atomic E-state index is 0.322. The Hall–Kier alpha value is -0.950. The van der Waals surface area contributed by atoms with Crippen molar-refractivity contribution in [3.8, 4) is 0 Å². The molecule has 0 saturated heterocycles. The fraction of sp³-hybridized carbons (Fsp3) is 0.667. The van der Waals surface area contributed by atoms with Crippen LogP contribution in [-0.4, -0.2) is 50.2 Å². The minimum atomic E-state index is -1.04. The number of nitrogens with one attached hydrogen (secondary N) is 1. The Balaban J connectivity index is 2.58. The van der Waals surface area contributed by atoms with Gasteiger partial charge in [0.25, 0.3) is 0 Å². The molecule has 0 spiro atoms. The Labute approximate surface area is 88.2 Å². The summed E-state index contributed by atoms with van der Waals surface area (Å²) in [5.74, 6) is 0. The van der Waals surface area contributed by atoms with E-state index in [2.05, 4.69) is 10.3 Å². The highest BCUT2D eigenvalue weighted by Gasteiger charge is 2.27. The third-order valence-corrected chi connectivity index (χ3v) is 2.47. The topological polar surface area (TPSA) is 90.5 Å². The fourth-order valence-electron chi connectivity index (χ4n) is 1.15. The van der Waals surface area contributed by atoms with Crippen LogP contribution in [0.2, 0.25) is 0 Å². The van der Waals surface area contributed by atoms with E-state index in [-0.39, 0.29) is 19.8 Å². The number of aromatic nitrogens is 2. The van der Waals surface area contributed by atoms with Crippen LogP contribution in [0.3, 0.4) is 0 Å². The van der Waals surface area contributed by atoms with Crippen molar-refractivity contribution in [3.63, 3.8) is 0 Å². The molecule has 1 aromatic heterocycles. The molecule has 0 radical (unpaired) electrons. The maximum Gasteiger partial charge on any atom is 0.0945 e. The molecular formula is C9H17N3O3. The van der Waals surface area contributed by atoms with Crippen LogP contribution < -0.4 is 5.32 Å². The first-order valence-electron chi connectivity index (χ1n) is 4.70. The van der Waals surface area contributed by atoms with Crippen LogP contribution in [0.1, 0.15) is 5.69 Å². The number of nitrogens with zero attached hydrogens (tertiary/aromatic N) is 2. The summed E-state index contributed by atoms with van der Waals surface area (Å²) in [6, 6.07) is 0. The van der Waals surface area contributed by atoms with E-state index >= 15 is 0 Å². The average molecular weight is 215 g/mol. The van der Waals surface area contributed by atoms with Crippen LogP contribution in [0, 0.1) is 0 Å². The highest BCUT2D eigenvalue weighted by Crippen LogP contribution is 2.04. The van der Waals surface area contributed by atoms with Crippen LogP contribution in [0.4, 0.5) is 0 Å². The van der Waals surface area contributed by atoms with Crippen LogP contribution in [0.25, 0.3) is 0 Å². The molecule has 0 aromatic carbocycles. The predicted octanol–water partition coefficient (Wildman–Crippen LogP) is -1.77. The lowest BCUT2D eigenvalue weighted by Crippen LogP contribution is -2.54. The van der Waals surface area contributed by atoms with Crippen LogP contribution in [-0.2, 0) is 13.6 Å². The number of aryl methyl sites for hydroxylation is 1. The second-order valence-electron chi connectivity index (χ2n) is 3.60. The first-order valence-corrected chi connectivity index (χ1v) is 4.70. The van der Waals surface area contributed by atoms with Gasteiger partial charge in [-0.25, -0.2) is 4.98 Å². The van der Waals surface area contributed by atoms with Crippen LogP contribution in [0.15, 0.2) is 12.5 Å². The minimum Gasteiger partial charge on any atom is -0.394 e. The quantitative estimate of drug-likeness (QED) is 0.450. The van der Waals surface area contributed by atoms with Crippen molar-refractivity contribution in [3.05, 3.63) is 18.2 Å². The van der Waals surface area contributed by atoms with Crippen molar-refractivity contribution < 1.29 is 15.3 Å². The molecule has 0 fully saturated rings. The first-order chi connectivity index (χ1) is 7.17. The number of aliphatic hydroxyl groups excluding tert-OH is 3. The molecule has 0 aliphatic carbocycles. The van der Waals surface area contributed by atoms with Crippen molar-refractivity contribution in [1.82, 2.24) is 14.9 Å². The molecule has 0 aliphatic heterocycles. The van der Waals surface area contributed by atoms with Gasteiger partial charge >= 0.3 is 0 Å². The van der Waals surface area contributed by atoms with Crippen molar-refractivity contribution in [2.45, 2.75) is 12.1 Å². The van der Waals surface area contributed by atoms with Crippen molar-refractivity contribution in [2.75, 3.05) is 19.8 Å². The van der Waals surface area contributed by atoms with E-state index < -0.39 is 5.54 Å². The van der Waals surface area contributed by atoms with E-state index in [9.17, 15) is 0 Å². The van der Waals surface area contributed by atoms with Gasteiger partial charge in [0, 0.05) is 19.8 Å². The Bertz CT molecular complexity index is 288. The van der Waals surface area contributed by atoms with Crippen LogP contribution in [0.5, 0.6) is 0 Å². The van der Waals surface area contributed by atoms with Gasteiger partial charge in [-0.05, 0) is 0 Å². The molecule has 1 rings (SSSR count). The van der Waals surface area contributed by atoms with Crippen LogP contribution >= 0.6 is 0 Å². The number of hydrogen-bond acceptors (Lipinski definition) is 5. The third kappa shape index (κ3) is 2.75. The Morgan fingerprint density at radius 1 is 1.33 bits per heavy atom. The smallest absolute Gasteiger partial charge is 0.0945 e. The van der Waals surface area contributed by atoms with Crippen molar-refractivity contribution in [1.29, 1.82) is 0 Å². The Morgan fingerprint density at radius 2 is 1.93 bits per heavy atom. The molecule has 0 unspecified atom stereocenters. The summed E-state index contributed by atoms with van der Waals surface area (Å²) >= 11 is 0. The lowest BCUT2D eigenvalue weighted by atomic mass is 10.0. The lowest BCUT2D eigenvalue weighted by Gasteiger charge is -2.28. The SMILES string of the molecule is Cn1cncc1CNC(CO)(CO)CO. The summed E-state index contributed by atoms with van der Waals surface area (Å²) in [5.41, 5.74) is -0.126. The number of imidazole rings is 1. The molecule has 0 saturated carbocycles. The van der Waals surface area contributed by atoms with E-state index in [0.29, 0.717) is 6.54 Å². The molecule has 0 aliphatic rings. The molecule has 4 N–H and O–H groups in total.